The molecule has 1 saturated carbocycles. The van der Waals surface area contributed by atoms with Gasteiger partial charge in [0.15, 0.2) is 0 Å². The van der Waals surface area contributed by atoms with Crippen molar-refractivity contribution in [1.82, 2.24) is 0 Å². The second-order valence-electron chi connectivity index (χ2n) is 6.87. The quantitative estimate of drug-likeness (QED) is 0.573. The molecule has 2 nitrogen and oxygen atoms in total. The first-order valence-electron chi connectivity index (χ1n) is 8.46. The average molecular weight is 325 g/mol. The van der Waals surface area contributed by atoms with Gasteiger partial charge in [-0.3, -0.25) is 0 Å². The van der Waals surface area contributed by atoms with Gasteiger partial charge >= 0.3 is 0 Å². The molecule has 2 rings (SSSR count). The Morgan fingerprint density at radius 3 is 2.59 bits per heavy atom. The summed E-state index contributed by atoms with van der Waals surface area (Å²) < 4.78 is 0. The third kappa shape index (κ3) is 4.10. The Labute approximate surface area is 140 Å². The predicted molar refractivity (Wildman–Crippen MR) is 96.9 cm³/mol. The average Bonchev–Trinajstić information content (AvgIpc) is 2.87. The van der Waals surface area contributed by atoms with Crippen molar-refractivity contribution >= 4 is 11.8 Å². The lowest BCUT2D eigenvalue weighted by Gasteiger charge is -2.42. The highest BCUT2D eigenvalue weighted by Gasteiger charge is 2.46. The fourth-order valence-electron chi connectivity index (χ4n) is 3.84. The number of terminal acetylenes is 1. The van der Waals surface area contributed by atoms with Gasteiger partial charge in [-0.15, -0.1) is 12.8 Å². The first kappa shape index (κ1) is 19.6. The lowest BCUT2D eigenvalue weighted by molar-refractivity contribution is 0.0114. The summed E-state index contributed by atoms with van der Waals surface area (Å²) in [5.74, 6) is 2.27. The smallest absolute Gasteiger partial charge is 0.0732 e. The van der Waals surface area contributed by atoms with E-state index in [0.29, 0.717) is 5.92 Å². The number of allylic oxidation sites excluding steroid dienone is 1. The van der Waals surface area contributed by atoms with Crippen LogP contribution in [-0.2, 0) is 0 Å². The van der Waals surface area contributed by atoms with E-state index in [-0.39, 0.29) is 11.5 Å². The summed E-state index contributed by atoms with van der Waals surface area (Å²) in [6.07, 6.45) is 16.3. The van der Waals surface area contributed by atoms with Crippen molar-refractivity contribution < 1.29 is 10.2 Å². The maximum Gasteiger partial charge on any atom is 0.0732 e. The highest BCUT2D eigenvalue weighted by molar-refractivity contribution is 7.99. The summed E-state index contributed by atoms with van der Waals surface area (Å²) in [6.45, 7) is 6.47. The Kier molecular flexibility index (Phi) is 7.52. The van der Waals surface area contributed by atoms with Crippen LogP contribution in [0.3, 0.4) is 0 Å². The summed E-state index contributed by atoms with van der Waals surface area (Å²) in [4.78, 5) is 0. The van der Waals surface area contributed by atoms with E-state index < -0.39 is 5.60 Å². The third-order valence-electron chi connectivity index (χ3n) is 5.78. The van der Waals surface area contributed by atoms with Crippen LogP contribution < -0.4 is 0 Å². The number of hydrogen-bond donors (Lipinski definition) is 2. The minimum atomic E-state index is -0.504. The molecule has 0 radical (unpaired) electrons. The standard InChI is InChI=1S/C17H30O2S.C2H2/c1-4-17(19,5-2)12-20-11-13-8-9-14-15(18)7-6-10-16(13,14)3;1-2/h8,14-15,18-19H,4-7,9-12H2,1-3H3;1-2H/t14?,15-,16?;/m0./s1. The summed E-state index contributed by atoms with van der Waals surface area (Å²) in [6, 6.07) is 0. The van der Waals surface area contributed by atoms with Gasteiger partial charge in [0.05, 0.1) is 11.7 Å². The Balaban J connectivity index is 0.00000116. The number of aliphatic hydroxyl groups is 2. The van der Waals surface area contributed by atoms with Crippen LogP contribution in [0, 0.1) is 24.2 Å². The SMILES string of the molecule is C#C.CCC(O)(CC)CSCC1=CCC2[C@@H](O)CCCC12C. The zero-order valence-corrected chi connectivity index (χ0v) is 15.2. The van der Waals surface area contributed by atoms with Gasteiger partial charge in [-0.05, 0) is 49.9 Å². The molecule has 2 N–H and O–H groups in total. The molecule has 22 heavy (non-hydrogen) atoms. The molecule has 126 valence electrons. The number of hydrogen-bond acceptors (Lipinski definition) is 3. The molecular weight excluding hydrogens is 292 g/mol. The van der Waals surface area contributed by atoms with Crippen molar-refractivity contribution in [2.24, 2.45) is 11.3 Å². The highest BCUT2D eigenvalue weighted by Crippen LogP contribution is 2.53. The molecule has 0 aromatic carbocycles. The highest BCUT2D eigenvalue weighted by atomic mass is 32.2. The molecule has 0 aliphatic heterocycles. The van der Waals surface area contributed by atoms with E-state index in [2.05, 4.69) is 39.7 Å². The predicted octanol–water partition coefficient (Wildman–Crippen LogP) is 4.02. The van der Waals surface area contributed by atoms with E-state index in [4.69, 9.17) is 0 Å². The molecule has 0 aromatic heterocycles. The molecule has 0 saturated heterocycles. The molecule has 2 unspecified atom stereocenters. The number of aliphatic hydroxyl groups excluding tert-OH is 1. The first-order chi connectivity index (χ1) is 10.4. The minimum absolute atomic E-state index is 0.115. The Morgan fingerprint density at radius 1 is 1.36 bits per heavy atom. The van der Waals surface area contributed by atoms with Gasteiger partial charge in [-0.25, -0.2) is 0 Å². The van der Waals surface area contributed by atoms with Gasteiger partial charge < -0.3 is 10.2 Å². The van der Waals surface area contributed by atoms with E-state index in [1.165, 1.54) is 12.0 Å². The van der Waals surface area contributed by atoms with Crippen molar-refractivity contribution in [2.75, 3.05) is 11.5 Å². The van der Waals surface area contributed by atoms with Crippen molar-refractivity contribution in [2.45, 2.75) is 71.0 Å². The van der Waals surface area contributed by atoms with Crippen LogP contribution in [-0.4, -0.2) is 33.4 Å². The zero-order valence-electron chi connectivity index (χ0n) is 14.3. The molecule has 0 bridgehead atoms. The zero-order chi connectivity index (χ0) is 16.8. The molecule has 0 amide bonds. The second kappa shape index (κ2) is 8.43. The molecular formula is C19H32O2S. The number of rotatable bonds is 6. The van der Waals surface area contributed by atoms with Gasteiger partial charge in [0.1, 0.15) is 0 Å². The third-order valence-corrected chi connectivity index (χ3v) is 7.03. The van der Waals surface area contributed by atoms with Gasteiger partial charge in [-0.2, -0.15) is 11.8 Å². The van der Waals surface area contributed by atoms with Gasteiger partial charge in [-0.1, -0.05) is 32.4 Å². The largest absolute Gasteiger partial charge is 0.393 e. The molecule has 3 heteroatoms. The fraction of sp³-hybridized carbons (Fsp3) is 0.789. The fourth-order valence-corrected chi connectivity index (χ4v) is 5.39. The van der Waals surface area contributed by atoms with Crippen molar-refractivity contribution in [1.29, 1.82) is 0 Å². The van der Waals surface area contributed by atoms with E-state index >= 15 is 0 Å². The summed E-state index contributed by atoms with van der Waals surface area (Å²) in [5, 5.41) is 20.6. The Hall–Kier alpha value is -0.430. The van der Waals surface area contributed by atoms with E-state index in [0.717, 1.165) is 43.6 Å². The molecule has 2 aliphatic rings. The van der Waals surface area contributed by atoms with Crippen molar-refractivity contribution in [3.63, 3.8) is 0 Å². The lowest BCUT2D eigenvalue weighted by Crippen LogP contribution is -2.39. The Bertz CT molecular complexity index is 397. The van der Waals surface area contributed by atoms with Crippen LogP contribution in [0.2, 0.25) is 0 Å². The van der Waals surface area contributed by atoms with Crippen molar-refractivity contribution in [3.05, 3.63) is 11.6 Å². The summed E-state index contributed by atoms with van der Waals surface area (Å²) >= 11 is 1.86. The topological polar surface area (TPSA) is 40.5 Å². The first-order valence-corrected chi connectivity index (χ1v) is 9.61. The Morgan fingerprint density at radius 2 is 2.00 bits per heavy atom. The van der Waals surface area contributed by atoms with Crippen molar-refractivity contribution in [3.8, 4) is 12.8 Å². The number of thioether (sulfide) groups is 1. The van der Waals surface area contributed by atoms with Gasteiger partial charge in [0, 0.05) is 11.5 Å². The summed E-state index contributed by atoms with van der Waals surface area (Å²) in [7, 11) is 0. The van der Waals surface area contributed by atoms with Crippen LogP contribution in [0.5, 0.6) is 0 Å². The van der Waals surface area contributed by atoms with Crippen LogP contribution in [0.1, 0.15) is 59.3 Å². The summed E-state index contributed by atoms with van der Waals surface area (Å²) in [5.41, 5.74) is 1.22. The van der Waals surface area contributed by atoms with Crippen LogP contribution >= 0.6 is 11.8 Å². The molecule has 3 atom stereocenters. The molecule has 0 heterocycles. The van der Waals surface area contributed by atoms with E-state index in [1.807, 2.05) is 11.8 Å². The molecule has 2 aliphatic carbocycles. The second-order valence-corrected chi connectivity index (χ2v) is 7.86. The lowest BCUT2D eigenvalue weighted by atomic mass is 9.65. The number of fused-ring (bicyclic) bond motifs is 1. The molecule has 1 fully saturated rings. The van der Waals surface area contributed by atoms with Crippen LogP contribution in [0.25, 0.3) is 0 Å². The van der Waals surface area contributed by atoms with E-state index in [9.17, 15) is 10.2 Å². The van der Waals surface area contributed by atoms with Gasteiger partial charge in [0.25, 0.3) is 0 Å². The minimum Gasteiger partial charge on any atom is -0.393 e. The van der Waals surface area contributed by atoms with Gasteiger partial charge in [0.2, 0.25) is 0 Å². The maximum atomic E-state index is 10.4. The maximum absolute atomic E-state index is 10.4. The normalized spacial score (nSPS) is 31.0. The monoisotopic (exact) mass is 324 g/mol. The molecule has 0 spiro atoms. The van der Waals surface area contributed by atoms with Crippen LogP contribution in [0.15, 0.2) is 11.6 Å². The van der Waals surface area contributed by atoms with Crippen LogP contribution in [0.4, 0.5) is 0 Å². The molecule has 0 aromatic rings. The van der Waals surface area contributed by atoms with E-state index in [1.54, 1.807) is 0 Å².